The van der Waals surface area contributed by atoms with Crippen LogP contribution in [0.25, 0.3) is 0 Å². The van der Waals surface area contributed by atoms with Crippen molar-refractivity contribution in [2.75, 3.05) is 13.7 Å². The zero-order valence-electron chi connectivity index (χ0n) is 13.2. The molecule has 0 spiro atoms. The van der Waals surface area contributed by atoms with Crippen LogP contribution in [0.4, 0.5) is 0 Å². The zero-order valence-corrected chi connectivity index (χ0v) is 14.1. The van der Waals surface area contributed by atoms with E-state index in [0.29, 0.717) is 9.75 Å². The van der Waals surface area contributed by atoms with E-state index in [-0.39, 0.29) is 17.7 Å². The number of carbonyl (C=O) groups excluding carboxylic acids is 2. The fourth-order valence-corrected chi connectivity index (χ4v) is 3.82. The molecule has 1 unspecified atom stereocenters. The zero-order chi connectivity index (χ0) is 16.4. The Kier molecular flexibility index (Phi) is 4.48. The third-order valence-corrected chi connectivity index (χ3v) is 5.35. The van der Waals surface area contributed by atoms with Gasteiger partial charge in [-0.1, -0.05) is 12.1 Å². The first-order valence-corrected chi connectivity index (χ1v) is 8.47. The second-order valence-electron chi connectivity index (χ2n) is 5.65. The minimum atomic E-state index is 0.00202. The van der Waals surface area contributed by atoms with Gasteiger partial charge in [0.25, 0.3) is 5.91 Å². The van der Waals surface area contributed by atoms with Crippen molar-refractivity contribution in [3.63, 3.8) is 0 Å². The molecule has 1 aliphatic heterocycles. The largest absolute Gasteiger partial charge is 0.497 e. The third-order valence-electron chi connectivity index (χ3n) is 4.18. The SMILES string of the molecule is COc1ccc(C2CCCN2C(=O)c2ccc(C(C)=O)s2)cc1. The highest BCUT2D eigenvalue weighted by molar-refractivity contribution is 7.15. The average Bonchev–Trinajstić information content (AvgIpc) is 3.23. The van der Waals surface area contributed by atoms with Gasteiger partial charge in [0.2, 0.25) is 0 Å². The average molecular weight is 329 g/mol. The first kappa shape index (κ1) is 15.7. The van der Waals surface area contributed by atoms with Gasteiger partial charge in [0.05, 0.1) is 22.9 Å². The molecule has 0 bridgehead atoms. The van der Waals surface area contributed by atoms with Crippen LogP contribution < -0.4 is 4.74 Å². The minimum absolute atomic E-state index is 0.00202. The Labute approximate surface area is 139 Å². The molecule has 1 fully saturated rings. The number of rotatable bonds is 4. The number of ketones is 1. The lowest BCUT2D eigenvalue weighted by Gasteiger charge is -2.24. The van der Waals surface area contributed by atoms with Gasteiger partial charge >= 0.3 is 0 Å². The van der Waals surface area contributed by atoms with E-state index in [1.54, 1.807) is 19.2 Å². The highest BCUT2D eigenvalue weighted by atomic mass is 32.1. The van der Waals surface area contributed by atoms with Crippen LogP contribution in [0.1, 0.15) is 50.7 Å². The normalized spacial score (nSPS) is 17.3. The number of hydrogen-bond donors (Lipinski definition) is 0. The molecule has 0 aliphatic carbocycles. The van der Waals surface area contributed by atoms with Gasteiger partial charge in [0.15, 0.2) is 5.78 Å². The van der Waals surface area contributed by atoms with E-state index in [9.17, 15) is 9.59 Å². The van der Waals surface area contributed by atoms with Crippen LogP contribution in [0, 0.1) is 0 Å². The molecule has 23 heavy (non-hydrogen) atoms. The van der Waals surface area contributed by atoms with Gasteiger partial charge in [-0.25, -0.2) is 0 Å². The van der Waals surface area contributed by atoms with Gasteiger partial charge in [-0.15, -0.1) is 11.3 Å². The molecule has 120 valence electrons. The van der Waals surface area contributed by atoms with Crippen molar-refractivity contribution in [2.45, 2.75) is 25.8 Å². The van der Waals surface area contributed by atoms with E-state index in [4.69, 9.17) is 4.74 Å². The van der Waals surface area contributed by atoms with Crippen molar-refractivity contribution in [3.05, 3.63) is 51.7 Å². The monoisotopic (exact) mass is 329 g/mol. The number of methoxy groups -OCH3 is 1. The van der Waals surface area contributed by atoms with Crippen LogP contribution >= 0.6 is 11.3 Å². The Morgan fingerprint density at radius 1 is 1.13 bits per heavy atom. The van der Waals surface area contributed by atoms with Gasteiger partial charge < -0.3 is 9.64 Å². The van der Waals surface area contributed by atoms with Crippen LogP contribution in [0.3, 0.4) is 0 Å². The Balaban J connectivity index is 1.82. The second-order valence-corrected chi connectivity index (χ2v) is 6.73. The summed E-state index contributed by atoms with van der Waals surface area (Å²) in [4.78, 5) is 27.4. The molecule has 5 heteroatoms. The van der Waals surface area contributed by atoms with Gasteiger partial charge in [0.1, 0.15) is 5.75 Å². The fraction of sp³-hybridized carbons (Fsp3) is 0.333. The van der Waals surface area contributed by atoms with Crippen LogP contribution in [-0.4, -0.2) is 30.2 Å². The lowest BCUT2D eigenvalue weighted by molar-refractivity contribution is 0.0740. The second kappa shape index (κ2) is 6.54. The Morgan fingerprint density at radius 2 is 1.83 bits per heavy atom. The lowest BCUT2D eigenvalue weighted by Crippen LogP contribution is -2.29. The number of carbonyl (C=O) groups is 2. The summed E-state index contributed by atoms with van der Waals surface area (Å²) in [5.41, 5.74) is 1.12. The number of Topliss-reactive ketones (excluding diaryl/α,β-unsaturated/α-hetero) is 1. The number of nitrogens with zero attached hydrogens (tertiary/aromatic N) is 1. The van der Waals surface area contributed by atoms with Gasteiger partial charge in [-0.2, -0.15) is 0 Å². The molecule has 3 rings (SSSR count). The summed E-state index contributed by atoms with van der Waals surface area (Å²) < 4.78 is 5.19. The van der Waals surface area contributed by atoms with Crippen molar-refractivity contribution in [3.8, 4) is 5.75 Å². The summed E-state index contributed by atoms with van der Waals surface area (Å²) in [6, 6.07) is 11.5. The highest BCUT2D eigenvalue weighted by Gasteiger charge is 2.31. The summed E-state index contributed by atoms with van der Waals surface area (Å²) in [6.45, 7) is 2.28. The van der Waals surface area contributed by atoms with Gasteiger partial charge in [0, 0.05) is 6.54 Å². The van der Waals surface area contributed by atoms with E-state index in [0.717, 1.165) is 30.7 Å². The maximum atomic E-state index is 12.8. The summed E-state index contributed by atoms with van der Waals surface area (Å²) in [5, 5.41) is 0. The smallest absolute Gasteiger partial charge is 0.264 e. The van der Waals surface area contributed by atoms with Crippen molar-refractivity contribution in [1.29, 1.82) is 0 Å². The molecule has 1 aromatic heterocycles. The van der Waals surface area contributed by atoms with Crippen LogP contribution in [0.2, 0.25) is 0 Å². The highest BCUT2D eigenvalue weighted by Crippen LogP contribution is 2.34. The molecule has 1 amide bonds. The quantitative estimate of drug-likeness (QED) is 0.798. The van der Waals surface area contributed by atoms with Crippen LogP contribution in [0.15, 0.2) is 36.4 Å². The molecule has 0 saturated carbocycles. The van der Waals surface area contributed by atoms with Crippen LogP contribution in [0.5, 0.6) is 5.75 Å². The summed E-state index contributed by atoms with van der Waals surface area (Å²) >= 11 is 1.28. The van der Waals surface area contributed by atoms with Crippen molar-refractivity contribution in [1.82, 2.24) is 4.90 Å². The number of amides is 1. The molecular formula is C18H19NO3S. The van der Waals surface area contributed by atoms with E-state index in [1.807, 2.05) is 29.2 Å². The third kappa shape index (κ3) is 3.15. The molecule has 1 saturated heterocycles. The standard InChI is InChI=1S/C18H19NO3S/c1-12(20)16-9-10-17(23-16)18(21)19-11-3-4-15(19)13-5-7-14(22-2)8-6-13/h5-10,15H,3-4,11H2,1-2H3. The molecule has 2 heterocycles. The maximum Gasteiger partial charge on any atom is 0.264 e. The predicted molar refractivity (Wildman–Crippen MR) is 90.3 cm³/mol. The maximum absolute atomic E-state index is 12.8. The Bertz CT molecular complexity index is 720. The number of ether oxygens (including phenoxy) is 1. The first-order valence-electron chi connectivity index (χ1n) is 7.66. The number of hydrogen-bond acceptors (Lipinski definition) is 4. The molecule has 2 aromatic rings. The Hall–Kier alpha value is -2.14. The number of likely N-dealkylation sites (tertiary alicyclic amines) is 1. The molecule has 0 N–H and O–H groups in total. The Morgan fingerprint density at radius 3 is 2.43 bits per heavy atom. The lowest BCUT2D eigenvalue weighted by atomic mass is 10.0. The summed E-state index contributed by atoms with van der Waals surface area (Å²) in [5.74, 6) is 0.831. The van der Waals surface area contributed by atoms with Crippen molar-refractivity contribution in [2.24, 2.45) is 0 Å². The predicted octanol–water partition coefficient (Wildman–Crippen LogP) is 3.94. The molecule has 1 aliphatic rings. The summed E-state index contributed by atoms with van der Waals surface area (Å²) in [6.07, 6.45) is 1.95. The van der Waals surface area contributed by atoms with E-state index in [1.165, 1.54) is 18.3 Å². The van der Waals surface area contributed by atoms with Crippen molar-refractivity contribution >= 4 is 23.0 Å². The van der Waals surface area contributed by atoms with Crippen LogP contribution in [-0.2, 0) is 0 Å². The van der Waals surface area contributed by atoms with E-state index >= 15 is 0 Å². The molecule has 4 nitrogen and oxygen atoms in total. The molecule has 0 radical (unpaired) electrons. The number of benzene rings is 1. The van der Waals surface area contributed by atoms with E-state index < -0.39 is 0 Å². The van der Waals surface area contributed by atoms with Gasteiger partial charge in [-0.05, 0) is 49.6 Å². The first-order chi connectivity index (χ1) is 11.1. The minimum Gasteiger partial charge on any atom is -0.497 e. The van der Waals surface area contributed by atoms with Crippen molar-refractivity contribution < 1.29 is 14.3 Å². The van der Waals surface area contributed by atoms with E-state index in [2.05, 4.69) is 0 Å². The fourth-order valence-electron chi connectivity index (χ4n) is 2.97. The molecular weight excluding hydrogens is 310 g/mol. The molecule has 1 atom stereocenters. The summed E-state index contributed by atoms with van der Waals surface area (Å²) in [7, 11) is 1.64. The molecule has 1 aromatic carbocycles. The topological polar surface area (TPSA) is 46.6 Å². The van der Waals surface area contributed by atoms with Gasteiger partial charge in [-0.3, -0.25) is 9.59 Å². The number of thiophene rings is 1.